The van der Waals surface area contributed by atoms with Crippen LogP contribution in [0.1, 0.15) is 5.56 Å². The average Bonchev–Trinajstić information content (AvgIpc) is 2.23. The highest BCUT2D eigenvalue weighted by Gasteiger charge is 2.24. The molecule has 0 aliphatic rings. The van der Waals surface area contributed by atoms with Gasteiger partial charge in [0.1, 0.15) is 4.49 Å². The van der Waals surface area contributed by atoms with Crippen molar-refractivity contribution in [2.45, 2.75) is 9.79 Å². The average molecular weight is 445 g/mol. The first-order chi connectivity index (χ1) is 8.85. The molecule has 0 saturated carbocycles. The highest BCUT2D eigenvalue weighted by Crippen LogP contribution is 2.36. The summed E-state index contributed by atoms with van der Waals surface area (Å²) in [4.78, 5) is -1.05. The Balaban J connectivity index is 3.91. The van der Waals surface area contributed by atoms with Crippen molar-refractivity contribution in [2.24, 2.45) is 10.3 Å². The van der Waals surface area contributed by atoms with Crippen molar-refractivity contribution in [1.82, 2.24) is 0 Å². The van der Waals surface area contributed by atoms with Gasteiger partial charge in [0.25, 0.3) is 0 Å². The fourth-order valence-electron chi connectivity index (χ4n) is 1.26. The van der Waals surface area contributed by atoms with Crippen LogP contribution in [0.2, 0.25) is 0 Å². The number of primary sulfonamides is 2. The number of hydrogen-bond donors (Lipinski definition) is 2. The van der Waals surface area contributed by atoms with E-state index in [2.05, 4.69) is 15.9 Å². The van der Waals surface area contributed by atoms with Gasteiger partial charge in [-0.25, -0.2) is 27.1 Å². The van der Waals surface area contributed by atoms with E-state index in [9.17, 15) is 16.8 Å². The van der Waals surface area contributed by atoms with Gasteiger partial charge in [0, 0.05) is 10.0 Å². The van der Waals surface area contributed by atoms with Gasteiger partial charge < -0.3 is 0 Å². The third-order valence-corrected chi connectivity index (χ3v) is 5.83. The topological polar surface area (TPSA) is 120 Å². The summed E-state index contributed by atoms with van der Waals surface area (Å²) in [6.45, 7) is 0. The highest BCUT2D eigenvalue weighted by molar-refractivity contribution is 9.10. The molecule has 0 saturated heterocycles. The first-order valence-corrected chi connectivity index (χ1v) is 9.48. The van der Waals surface area contributed by atoms with Crippen LogP contribution in [0.5, 0.6) is 0 Å². The zero-order chi connectivity index (χ0) is 15.9. The Morgan fingerprint density at radius 3 is 1.75 bits per heavy atom. The molecule has 112 valence electrons. The van der Waals surface area contributed by atoms with Crippen molar-refractivity contribution in [3.05, 3.63) is 26.7 Å². The third-order valence-electron chi connectivity index (χ3n) is 2.05. The van der Waals surface area contributed by atoms with Crippen LogP contribution < -0.4 is 10.3 Å². The molecular weight excluding hydrogens is 438 g/mol. The molecule has 12 heteroatoms. The zero-order valence-electron chi connectivity index (χ0n) is 9.27. The second-order valence-electron chi connectivity index (χ2n) is 3.44. The largest absolute Gasteiger partial charge is 0.239 e. The molecule has 0 heterocycles. The van der Waals surface area contributed by atoms with E-state index in [0.717, 1.165) is 12.1 Å². The second kappa shape index (κ2) is 6.09. The van der Waals surface area contributed by atoms with Gasteiger partial charge in [-0.3, -0.25) is 0 Å². The van der Waals surface area contributed by atoms with Gasteiger partial charge in [0.2, 0.25) is 20.0 Å². The molecule has 20 heavy (non-hydrogen) atoms. The molecule has 0 aliphatic carbocycles. The van der Waals surface area contributed by atoms with E-state index in [1.54, 1.807) is 0 Å². The Kier molecular flexibility index (Phi) is 5.54. The Morgan fingerprint density at radius 2 is 1.40 bits per heavy atom. The number of hydrogen-bond acceptors (Lipinski definition) is 4. The predicted molar refractivity (Wildman–Crippen MR) is 81.4 cm³/mol. The molecule has 4 N–H and O–H groups in total. The lowest BCUT2D eigenvalue weighted by atomic mass is 10.2. The summed E-state index contributed by atoms with van der Waals surface area (Å²) >= 11 is 19.7. The number of sulfonamides is 2. The van der Waals surface area contributed by atoms with E-state index in [1.165, 1.54) is 0 Å². The van der Waals surface area contributed by atoms with Crippen molar-refractivity contribution >= 4 is 75.8 Å². The van der Waals surface area contributed by atoms with Crippen LogP contribution in [0, 0.1) is 0 Å². The standard InChI is InChI=1S/C8H6BrCl3N2O4S2/c9-4-1-3(7(10)8(11)12)5(19(13,15)16)2-6(4)20(14,17)18/h1-2H,(H2,13,15,16)(H2,14,17,18). The summed E-state index contributed by atoms with van der Waals surface area (Å²) in [5.41, 5.74) is -0.159. The lowest BCUT2D eigenvalue weighted by Gasteiger charge is -2.11. The smallest absolute Gasteiger partial charge is 0.225 e. The molecule has 6 nitrogen and oxygen atoms in total. The maximum absolute atomic E-state index is 11.5. The molecule has 0 unspecified atom stereocenters. The van der Waals surface area contributed by atoms with Crippen molar-refractivity contribution in [2.75, 3.05) is 0 Å². The van der Waals surface area contributed by atoms with Gasteiger partial charge >= 0.3 is 0 Å². The van der Waals surface area contributed by atoms with Crippen LogP contribution in [0.15, 0.2) is 30.9 Å². The Labute approximate surface area is 138 Å². The fraction of sp³-hybridized carbons (Fsp3) is 0. The number of halogens is 4. The van der Waals surface area contributed by atoms with Gasteiger partial charge in [-0.1, -0.05) is 34.8 Å². The summed E-state index contributed by atoms with van der Waals surface area (Å²) in [5.74, 6) is 0. The van der Waals surface area contributed by atoms with Crippen LogP contribution >= 0.6 is 50.7 Å². The van der Waals surface area contributed by atoms with E-state index in [-0.39, 0.29) is 15.1 Å². The van der Waals surface area contributed by atoms with Gasteiger partial charge in [0.15, 0.2) is 0 Å². The molecular formula is C8H6BrCl3N2O4S2. The molecule has 1 aromatic rings. The van der Waals surface area contributed by atoms with E-state index in [4.69, 9.17) is 45.1 Å². The summed E-state index contributed by atoms with van der Waals surface area (Å²) in [7, 11) is -8.46. The summed E-state index contributed by atoms with van der Waals surface area (Å²) in [6, 6.07) is 1.86. The SMILES string of the molecule is NS(=O)(=O)c1cc(S(N)(=O)=O)c(C(Cl)=C(Cl)Cl)cc1Br. The summed E-state index contributed by atoms with van der Waals surface area (Å²) < 4.78 is 45.4. The van der Waals surface area contributed by atoms with E-state index in [0.29, 0.717) is 0 Å². The van der Waals surface area contributed by atoms with Crippen molar-refractivity contribution < 1.29 is 16.8 Å². The fourth-order valence-corrected chi connectivity index (χ4v) is 4.13. The molecule has 0 radical (unpaired) electrons. The minimum atomic E-state index is -4.29. The van der Waals surface area contributed by atoms with Crippen LogP contribution in [-0.2, 0) is 20.0 Å². The van der Waals surface area contributed by atoms with Gasteiger partial charge in [0.05, 0.1) is 14.8 Å². The summed E-state index contributed by atoms with van der Waals surface area (Å²) in [6.07, 6.45) is 0. The molecule has 0 bridgehead atoms. The van der Waals surface area contributed by atoms with Gasteiger partial charge in [-0.2, -0.15) is 0 Å². The quantitative estimate of drug-likeness (QED) is 0.741. The second-order valence-corrected chi connectivity index (χ2v) is 8.68. The lowest BCUT2D eigenvalue weighted by Crippen LogP contribution is -2.18. The predicted octanol–water partition coefficient (Wildman–Crippen LogP) is 2.09. The lowest BCUT2D eigenvalue weighted by molar-refractivity contribution is 0.595. The van der Waals surface area contributed by atoms with Crippen LogP contribution in [0.4, 0.5) is 0 Å². The molecule has 0 spiro atoms. The minimum Gasteiger partial charge on any atom is -0.225 e. The van der Waals surface area contributed by atoms with E-state index < -0.39 is 34.3 Å². The Hall–Kier alpha value is 0.130. The van der Waals surface area contributed by atoms with Crippen molar-refractivity contribution in [3.63, 3.8) is 0 Å². The molecule has 0 amide bonds. The molecule has 1 aromatic carbocycles. The van der Waals surface area contributed by atoms with Crippen LogP contribution in [0.3, 0.4) is 0 Å². The van der Waals surface area contributed by atoms with Gasteiger partial charge in [-0.15, -0.1) is 0 Å². The van der Waals surface area contributed by atoms with E-state index in [1.807, 2.05) is 0 Å². The maximum atomic E-state index is 11.5. The molecule has 0 atom stereocenters. The van der Waals surface area contributed by atoms with Crippen molar-refractivity contribution in [3.8, 4) is 0 Å². The first kappa shape index (κ1) is 18.2. The number of benzene rings is 1. The van der Waals surface area contributed by atoms with Crippen LogP contribution in [-0.4, -0.2) is 16.8 Å². The molecule has 1 rings (SSSR count). The maximum Gasteiger partial charge on any atom is 0.239 e. The first-order valence-electron chi connectivity index (χ1n) is 4.46. The van der Waals surface area contributed by atoms with Crippen molar-refractivity contribution in [1.29, 1.82) is 0 Å². The zero-order valence-corrected chi connectivity index (χ0v) is 14.8. The van der Waals surface area contributed by atoms with Gasteiger partial charge in [-0.05, 0) is 28.1 Å². The summed E-state index contributed by atoms with van der Waals surface area (Å²) in [5, 5.41) is 9.67. The third kappa shape index (κ3) is 4.08. The van der Waals surface area contributed by atoms with Crippen LogP contribution in [0.25, 0.3) is 5.03 Å². The molecule has 0 fully saturated rings. The normalized spacial score (nSPS) is 12.3. The molecule has 0 aromatic heterocycles. The molecule has 0 aliphatic heterocycles. The Bertz CT molecular complexity index is 801. The number of rotatable bonds is 3. The highest BCUT2D eigenvalue weighted by atomic mass is 79.9. The Morgan fingerprint density at radius 1 is 0.950 bits per heavy atom. The minimum absolute atomic E-state index is 0.0184. The number of nitrogens with two attached hydrogens (primary N) is 2. The monoisotopic (exact) mass is 442 g/mol. The van der Waals surface area contributed by atoms with E-state index >= 15 is 0 Å².